The van der Waals surface area contributed by atoms with Gasteiger partial charge in [-0.2, -0.15) is 0 Å². The molecule has 0 heterocycles. The summed E-state index contributed by atoms with van der Waals surface area (Å²) in [5.41, 5.74) is 6.25. The van der Waals surface area contributed by atoms with Crippen molar-refractivity contribution in [3.63, 3.8) is 0 Å². The number of anilines is 1. The predicted octanol–water partition coefficient (Wildman–Crippen LogP) is 5.31. The lowest BCUT2D eigenvalue weighted by Crippen LogP contribution is -2.52. The maximum atomic E-state index is 14.3. The van der Waals surface area contributed by atoms with E-state index in [0.29, 0.717) is 29.0 Å². The molecule has 0 aromatic heterocycles. The molecule has 0 spiro atoms. The molecule has 4 N–H and O–H groups in total. The molecule has 0 aliphatic rings. The van der Waals surface area contributed by atoms with Crippen LogP contribution >= 0.6 is 0 Å². The number of amides is 4. The molecule has 2 unspecified atom stereocenters. The summed E-state index contributed by atoms with van der Waals surface area (Å²) in [4.78, 5) is 54.3. The van der Waals surface area contributed by atoms with Crippen molar-refractivity contribution in [1.29, 1.82) is 0 Å². The molecule has 4 amide bonds. The topological polar surface area (TPSA) is 140 Å². The second kappa shape index (κ2) is 17.6. The van der Waals surface area contributed by atoms with Crippen LogP contribution in [0.2, 0.25) is 0 Å². The van der Waals surface area contributed by atoms with Crippen LogP contribution in [0.15, 0.2) is 48.5 Å². The Bertz CT molecular complexity index is 1280. The molecule has 0 aliphatic carbocycles. The molecule has 0 radical (unpaired) electrons. The van der Waals surface area contributed by atoms with Gasteiger partial charge in [0.2, 0.25) is 11.8 Å². The van der Waals surface area contributed by atoms with Crippen molar-refractivity contribution >= 4 is 29.5 Å². The van der Waals surface area contributed by atoms with Gasteiger partial charge in [0.1, 0.15) is 23.4 Å². The van der Waals surface area contributed by atoms with E-state index in [2.05, 4.69) is 23.5 Å². The minimum Gasteiger partial charge on any atom is -0.497 e. The molecule has 0 aliphatic heterocycles. The van der Waals surface area contributed by atoms with Gasteiger partial charge < -0.3 is 30.7 Å². The minimum atomic E-state index is -1.17. The summed E-state index contributed by atoms with van der Waals surface area (Å²) in [6, 6.07) is 11.4. The van der Waals surface area contributed by atoms with E-state index >= 15 is 0 Å². The normalized spacial score (nSPS) is 12.3. The number of carbonyl (C=O) groups is 4. The number of primary amides is 1. The van der Waals surface area contributed by atoms with Gasteiger partial charge in [0.15, 0.2) is 0 Å². The largest absolute Gasteiger partial charge is 0.497 e. The van der Waals surface area contributed by atoms with E-state index in [1.54, 1.807) is 76.4 Å². The van der Waals surface area contributed by atoms with Crippen LogP contribution in [0.3, 0.4) is 0 Å². The summed E-state index contributed by atoms with van der Waals surface area (Å²) < 4.78 is 10.6. The van der Waals surface area contributed by atoms with Gasteiger partial charge in [-0.15, -0.1) is 6.42 Å². The fourth-order valence-electron chi connectivity index (χ4n) is 4.57. The molecule has 10 heteroatoms. The van der Waals surface area contributed by atoms with Crippen molar-refractivity contribution in [1.82, 2.24) is 10.2 Å². The van der Waals surface area contributed by atoms with Gasteiger partial charge >= 0.3 is 6.09 Å². The predicted molar refractivity (Wildman–Crippen MR) is 171 cm³/mol. The maximum Gasteiger partial charge on any atom is 0.408 e. The van der Waals surface area contributed by atoms with Crippen LogP contribution < -0.4 is 21.1 Å². The highest BCUT2D eigenvalue weighted by Crippen LogP contribution is 2.27. The van der Waals surface area contributed by atoms with Gasteiger partial charge in [0.25, 0.3) is 5.91 Å². The highest BCUT2D eigenvalue weighted by molar-refractivity contribution is 5.99. The van der Waals surface area contributed by atoms with Crippen molar-refractivity contribution < 1.29 is 28.7 Å². The fraction of sp³-hybridized carbons (Fsp3) is 0.471. The van der Waals surface area contributed by atoms with Gasteiger partial charge in [0.05, 0.1) is 7.11 Å². The maximum absolute atomic E-state index is 14.3. The zero-order valence-corrected chi connectivity index (χ0v) is 26.5. The van der Waals surface area contributed by atoms with Crippen LogP contribution in [0.1, 0.15) is 89.8 Å². The summed E-state index contributed by atoms with van der Waals surface area (Å²) in [5.74, 6) is 1.56. The van der Waals surface area contributed by atoms with Gasteiger partial charge in [-0.1, -0.05) is 50.7 Å². The van der Waals surface area contributed by atoms with Gasteiger partial charge in [-0.05, 0) is 75.6 Å². The Balaban J connectivity index is 2.55. The number of hydrogen-bond donors (Lipinski definition) is 3. The summed E-state index contributed by atoms with van der Waals surface area (Å²) >= 11 is 0. The Kier molecular flexibility index (Phi) is 14.2. The van der Waals surface area contributed by atoms with Crippen molar-refractivity contribution in [3.8, 4) is 18.1 Å². The molecule has 0 fully saturated rings. The van der Waals surface area contributed by atoms with Gasteiger partial charge in [0, 0.05) is 24.2 Å². The summed E-state index contributed by atoms with van der Waals surface area (Å²) in [6.07, 6.45) is 9.05. The third-order valence-electron chi connectivity index (χ3n) is 6.76. The van der Waals surface area contributed by atoms with Crippen LogP contribution in [0.25, 0.3) is 0 Å². The molecule has 0 saturated carbocycles. The van der Waals surface area contributed by atoms with Crippen LogP contribution in [-0.2, 0) is 19.1 Å². The highest BCUT2D eigenvalue weighted by atomic mass is 16.6. The second-order valence-electron chi connectivity index (χ2n) is 11.5. The molecule has 2 aromatic rings. The lowest BCUT2D eigenvalue weighted by Gasteiger charge is -2.34. The summed E-state index contributed by atoms with van der Waals surface area (Å²) in [6.45, 7) is 7.45. The van der Waals surface area contributed by atoms with Crippen LogP contribution in [0, 0.1) is 12.3 Å². The molecule has 238 valence electrons. The third-order valence-corrected chi connectivity index (χ3v) is 6.76. The molecular weight excluding hydrogens is 560 g/mol. The zero-order chi connectivity index (χ0) is 32.7. The first-order valence-corrected chi connectivity index (χ1v) is 15.0. The van der Waals surface area contributed by atoms with E-state index in [1.165, 1.54) is 4.90 Å². The third kappa shape index (κ3) is 12.0. The number of hydrogen-bond acceptors (Lipinski definition) is 6. The molecular formula is C34H46N4O6. The first-order chi connectivity index (χ1) is 20.9. The smallest absolute Gasteiger partial charge is 0.408 e. The molecule has 0 saturated heterocycles. The van der Waals surface area contributed by atoms with E-state index in [1.807, 2.05) is 0 Å². The average Bonchev–Trinajstić information content (AvgIpc) is 2.97. The molecule has 2 rings (SSSR count). The number of nitrogens with one attached hydrogen (secondary N) is 2. The monoisotopic (exact) mass is 606 g/mol. The average molecular weight is 607 g/mol. The van der Waals surface area contributed by atoms with E-state index in [-0.39, 0.29) is 19.4 Å². The number of methoxy groups -OCH3 is 1. The fourth-order valence-corrected chi connectivity index (χ4v) is 4.57. The lowest BCUT2D eigenvalue weighted by molar-refractivity contribution is -0.141. The number of alkyl carbamates (subject to hydrolysis) is 1. The van der Waals surface area contributed by atoms with E-state index < -0.39 is 41.5 Å². The van der Waals surface area contributed by atoms with Crippen molar-refractivity contribution in [3.05, 3.63) is 59.7 Å². The molecule has 2 aromatic carbocycles. The number of benzene rings is 2. The van der Waals surface area contributed by atoms with Gasteiger partial charge in [-0.3, -0.25) is 14.4 Å². The van der Waals surface area contributed by atoms with Crippen LogP contribution in [-0.4, -0.2) is 54.0 Å². The standard InChI is InChI=1S/C34H46N4O6/c1-7-9-10-11-12-23-38(32(41)28(21-22-29(35)39)37-33(42)44-34(3,4)5)30(25-15-13-24(8-2)14-16-25)31(40)36-26-17-19-27(43-6)20-18-26/h2,13-20,28,30H,7,9-12,21-23H2,1,3-6H3,(H2,35,39)(H,36,40)(H,37,42). The number of ether oxygens (including phenoxy) is 2. The molecule has 10 nitrogen and oxygen atoms in total. The Morgan fingerprint density at radius 3 is 2.16 bits per heavy atom. The zero-order valence-electron chi connectivity index (χ0n) is 26.5. The van der Waals surface area contributed by atoms with E-state index in [9.17, 15) is 19.2 Å². The number of terminal acetylenes is 1. The Hall–Kier alpha value is -4.52. The first kappa shape index (κ1) is 35.7. The first-order valence-electron chi connectivity index (χ1n) is 15.0. The Morgan fingerprint density at radius 2 is 1.61 bits per heavy atom. The van der Waals surface area contributed by atoms with Crippen LogP contribution in [0.5, 0.6) is 5.75 Å². The Labute approximate surface area is 261 Å². The highest BCUT2D eigenvalue weighted by Gasteiger charge is 2.36. The molecule has 0 bridgehead atoms. The molecule has 44 heavy (non-hydrogen) atoms. The van der Waals surface area contributed by atoms with Crippen molar-refractivity contribution in [2.24, 2.45) is 5.73 Å². The minimum absolute atomic E-state index is 0.0669. The number of rotatable bonds is 16. The number of nitrogens with two attached hydrogens (primary N) is 1. The van der Waals surface area contributed by atoms with Crippen molar-refractivity contribution in [2.45, 2.75) is 90.3 Å². The van der Waals surface area contributed by atoms with E-state index in [0.717, 1.165) is 25.7 Å². The van der Waals surface area contributed by atoms with Gasteiger partial charge in [-0.25, -0.2) is 4.79 Å². The van der Waals surface area contributed by atoms with E-state index in [4.69, 9.17) is 21.6 Å². The quantitative estimate of drug-likeness (QED) is 0.175. The summed E-state index contributed by atoms with van der Waals surface area (Å²) in [7, 11) is 1.55. The lowest BCUT2D eigenvalue weighted by atomic mass is 9.99. The summed E-state index contributed by atoms with van der Waals surface area (Å²) in [5, 5.41) is 5.53. The molecule has 2 atom stereocenters. The number of unbranched alkanes of at least 4 members (excludes halogenated alkanes) is 4. The Morgan fingerprint density at radius 1 is 0.977 bits per heavy atom. The van der Waals surface area contributed by atoms with Crippen LogP contribution in [0.4, 0.5) is 10.5 Å². The second-order valence-corrected chi connectivity index (χ2v) is 11.5. The number of carbonyl (C=O) groups excluding carboxylic acids is 4. The van der Waals surface area contributed by atoms with Crippen molar-refractivity contribution in [2.75, 3.05) is 19.0 Å². The SMILES string of the molecule is C#Cc1ccc(C(C(=O)Nc2ccc(OC)cc2)N(CCCCCCC)C(=O)C(CCC(N)=O)NC(=O)OC(C)(C)C)cc1. The number of nitrogens with zero attached hydrogens (tertiary/aromatic N) is 1.